The lowest BCUT2D eigenvalue weighted by Crippen LogP contribution is -2.18. The number of rotatable bonds is 6. The molecule has 1 amide bonds. The van der Waals surface area contributed by atoms with E-state index >= 15 is 0 Å². The van der Waals surface area contributed by atoms with Gasteiger partial charge in [0, 0.05) is 24.4 Å². The topological polar surface area (TPSA) is 52.8 Å². The van der Waals surface area contributed by atoms with E-state index in [9.17, 15) is 4.79 Å². The van der Waals surface area contributed by atoms with Crippen molar-refractivity contribution in [2.45, 2.75) is 6.54 Å². The van der Waals surface area contributed by atoms with E-state index in [1.54, 1.807) is 50.2 Å². The first-order chi connectivity index (χ1) is 13.1. The van der Waals surface area contributed by atoms with Crippen LogP contribution < -0.4 is 14.3 Å². The summed E-state index contributed by atoms with van der Waals surface area (Å²) in [6, 6.07) is 10.8. The quantitative estimate of drug-likeness (QED) is 0.587. The maximum atomic E-state index is 12.7. The normalized spacial score (nSPS) is 11.8. The highest BCUT2D eigenvalue weighted by atomic mass is 35.5. The molecular formula is C19H19ClN2O3S2. The smallest absolute Gasteiger partial charge is 0.281 e. The molecule has 3 aromatic rings. The number of benzene rings is 2. The highest BCUT2D eigenvalue weighted by Gasteiger charge is 2.14. The molecule has 0 saturated carbocycles. The number of carbonyl (C=O) groups excluding carboxylic acids is 1. The average Bonchev–Trinajstić information content (AvgIpc) is 3.01. The summed E-state index contributed by atoms with van der Waals surface area (Å²) in [6.07, 6.45) is 2.05. The zero-order chi connectivity index (χ0) is 19.4. The van der Waals surface area contributed by atoms with Crippen LogP contribution in [0.25, 0.3) is 10.2 Å². The van der Waals surface area contributed by atoms with Crippen LogP contribution in [0.15, 0.2) is 41.4 Å². The molecular weight excluding hydrogens is 404 g/mol. The van der Waals surface area contributed by atoms with Gasteiger partial charge >= 0.3 is 0 Å². The Morgan fingerprint density at radius 1 is 1.22 bits per heavy atom. The van der Waals surface area contributed by atoms with Crippen molar-refractivity contribution in [3.05, 3.63) is 51.8 Å². The summed E-state index contributed by atoms with van der Waals surface area (Å²) in [5, 5.41) is 0.395. The second-order valence-electron chi connectivity index (χ2n) is 5.60. The maximum absolute atomic E-state index is 12.7. The van der Waals surface area contributed by atoms with Crippen LogP contribution in [0.4, 0.5) is 0 Å². The molecule has 0 bridgehead atoms. The Morgan fingerprint density at radius 3 is 2.59 bits per heavy atom. The Kier molecular flexibility index (Phi) is 6.46. The Balaban J connectivity index is 2.18. The van der Waals surface area contributed by atoms with Crippen molar-refractivity contribution in [2.24, 2.45) is 4.99 Å². The zero-order valence-electron chi connectivity index (χ0n) is 15.2. The van der Waals surface area contributed by atoms with Crippen molar-refractivity contribution in [2.75, 3.05) is 26.2 Å². The lowest BCUT2D eigenvalue weighted by Gasteiger charge is -2.09. The van der Waals surface area contributed by atoms with Crippen LogP contribution in [0.3, 0.4) is 0 Å². The number of hydrogen-bond acceptors (Lipinski definition) is 5. The summed E-state index contributed by atoms with van der Waals surface area (Å²) in [4.78, 5) is 17.7. The van der Waals surface area contributed by atoms with Crippen LogP contribution in [0.5, 0.6) is 11.5 Å². The van der Waals surface area contributed by atoms with Crippen molar-refractivity contribution in [3.63, 3.8) is 0 Å². The van der Waals surface area contributed by atoms with E-state index in [0.717, 1.165) is 22.5 Å². The van der Waals surface area contributed by atoms with Crippen LogP contribution in [0.1, 0.15) is 10.4 Å². The molecule has 3 rings (SSSR count). The number of carbonyl (C=O) groups is 1. The van der Waals surface area contributed by atoms with Gasteiger partial charge in [-0.1, -0.05) is 35.1 Å². The van der Waals surface area contributed by atoms with E-state index < -0.39 is 0 Å². The van der Waals surface area contributed by atoms with Crippen molar-refractivity contribution in [1.29, 1.82) is 0 Å². The molecule has 0 fully saturated rings. The Bertz CT molecular complexity index is 1040. The first-order valence-corrected chi connectivity index (χ1v) is 10.8. The molecule has 1 heterocycles. The average molecular weight is 423 g/mol. The molecule has 27 heavy (non-hydrogen) atoms. The lowest BCUT2D eigenvalue weighted by molar-refractivity contribution is 0.0998. The standard InChI is InChI=1S/C19H19ClN2O3S2/c1-24-15-10-14-17(11-16(15)25-2)27-19(22(14)8-9-26-3)21-18(23)12-6-4-5-7-13(12)20/h4-7,10-11H,8-9H2,1-3H3. The third-order valence-electron chi connectivity index (χ3n) is 4.01. The van der Waals surface area contributed by atoms with Gasteiger partial charge in [0.2, 0.25) is 0 Å². The van der Waals surface area contributed by atoms with Gasteiger partial charge in [0.1, 0.15) is 0 Å². The van der Waals surface area contributed by atoms with Gasteiger partial charge in [0.05, 0.1) is 35.0 Å². The number of ether oxygens (including phenoxy) is 2. The SMILES string of the molecule is COc1cc2sc(=NC(=O)c3ccccc3Cl)n(CCSC)c2cc1OC. The van der Waals surface area contributed by atoms with E-state index in [4.69, 9.17) is 21.1 Å². The maximum Gasteiger partial charge on any atom is 0.281 e. The lowest BCUT2D eigenvalue weighted by atomic mass is 10.2. The van der Waals surface area contributed by atoms with Crippen molar-refractivity contribution in [3.8, 4) is 11.5 Å². The summed E-state index contributed by atoms with van der Waals surface area (Å²) < 4.78 is 13.8. The summed E-state index contributed by atoms with van der Waals surface area (Å²) in [5.41, 5.74) is 1.35. The van der Waals surface area contributed by atoms with Crippen LogP contribution in [0, 0.1) is 0 Å². The molecule has 8 heteroatoms. The third-order valence-corrected chi connectivity index (χ3v) is 5.97. The van der Waals surface area contributed by atoms with Crippen LogP contribution in [-0.4, -0.2) is 36.7 Å². The molecule has 0 aliphatic heterocycles. The fourth-order valence-corrected chi connectivity index (χ4v) is 4.31. The van der Waals surface area contributed by atoms with Gasteiger partial charge in [0.25, 0.3) is 5.91 Å². The summed E-state index contributed by atoms with van der Waals surface area (Å²) >= 11 is 9.32. The minimum atomic E-state index is -0.357. The van der Waals surface area contributed by atoms with Gasteiger partial charge in [-0.15, -0.1) is 0 Å². The molecule has 142 valence electrons. The number of amides is 1. The zero-order valence-corrected chi connectivity index (χ0v) is 17.6. The Morgan fingerprint density at radius 2 is 1.93 bits per heavy atom. The summed E-state index contributed by atoms with van der Waals surface area (Å²) in [7, 11) is 3.21. The second kappa shape index (κ2) is 8.82. The van der Waals surface area contributed by atoms with Crippen LogP contribution in [-0.2, 0) is 6.54 Å². The number of thiazole rings is 1. The molecule has 0 aliphatic rings. The molecule has 2 aromatic carbocycles. The second-order valence-corrected chi connectivity index (χ2v) is 8.00. The molecule has 5 nitrogen and oxygen atoms in total. The highest BCUT2D eigenvalue weighted by Crippen LogP contribution is 2.33. The molecule has 0 N–H and O–H groups in total. The fraction of sp³-hybridized carbons (Fsp3) is 0.263. The van der Waals surface area contributed by atoms with Crippen LogP contribution in [0.2, 0.25) is 5.02 Å². The molecule has 1 aromatic heterocycles. The van der Waals surface area contributed by atoms with Gasteiger partial charge in [0.15, 0.2) is 16.3 Å². The molecule has 0 saturated heterocycles. The van der Waals surface area contributed by atoms with E-state index in [2.05, 4.69) is 4.99 Å². The van der Waals surface area contributed by atoms with Gasteiger partial charge in [-0.25, -0.2) is 0 Å². The molecule has 0 radical (unpaired) electrons. The largest absolute Gasteiger partial charge is 0.493 e. The number of halogens is 1. The summed E-state index contributed by atoms with van der Waals surface area (Å²) in [6.45, 7) is 0.727. The number of hydrogen-bond donors (Lipinski definition) is 0. The number of methoxy groups -OCH3 is 2. The Hall–Kier alpha value is -1.96. The van der Waals surface area contributed by atoms with E-state index in [0.29, 0.717) is 26.9 Å². The predicted octanol–water partition coefficient (Wildman–Crippen LogP) is 4.48. The van der Waals surface area contributed by atoms with E-state index in [1.165, 1.54) is 11.3 Å². The van der Waals surface area contributed by atoms with Gasteiger partial charge < -0.3 is 14.0 Å². The number of fused-ring (bicyclic) bond motifs is 1. The monoisotopic (exact) mass is 422 g/mol. The molecule has 0 aliphatic carbocycles. The third kappa shape index (κ3) is 4.15. The van der Waals surface area contributed by atoms with E-state index in [1.807, 2.05) is 23.0 Å². The van der Waals surface area contributed by atoms with Crippen molar-refractivity contribution < 1.29 is 14.3 Å². The number of nitrogens with zero attached hydrogens (tertiary/aromatic N) is 2. The first kappa shape index (κ1) is 19.8. The van der Waals surface area contributed by atoms with Gasteiger partial charge in [-0.05, 0) is 18.4 Å². The first-order valence-electron chi connectivity index (χ1n) is 8.17. The minimum Gasteiger partial charge on any atom is -0.493 e. The number of aryl methyl sites for hydroxylation is 1. The number of thioether (sulfide) groups is 1. The predicted molar refractivity (Wildman–Crippen MR) is 113 cm³/mol. The van der Waals surface area contributed by atoms with Crippen molar-refractivity contribution in [1.82, 2.24) is 4.57 Å². The summed E-state index contributed by atoms with van der Waals surface area (Å²) in [5.74, 6) is 1.83. The fourth-order valence-electron chi connectivity index (χ4n) is 2.66. The molecule has 0 unspecified atom stereocenters. The molecule has 0 atom stereocenters. The highest BCUT2D eigenvalue weighted by molar-refractivity contribution is 7.98. The molecule has 0 spiro atoms. The van der Waals surface area contributed by atoms with E-state index in [-0.39, 0.29) is 5.91 Å². The Labute approximate surface area is 170 Å². The van der Waals surface area contributed by atoms with Crippen molar-refractivity contribution >= 4 is 50.8 Å². The van der Waals surface area contributed by atoms with Gasteiger partial charge in [-0.2, -0.15) is 16.8 Å². The van der Waals surface area contributed by atoms with Crippen LogP contribution >= 0.6 is 34.7 Å². The minimum absolute atomic E-state index is 0.357. The number of aromatic nitrogens is 1. The van der Waals surface area contributed by atoms with Gasteiger partial charge in [-0.3, -0.25) is 4.79 Å².